The van der Waals surface area contributed by atoms with Crippen LogP contribution < -0.4 is 5.32 Å². The molecule has 1 aliphatic heterocycles. The average Bonchev–Trinajstić information content (AvgIpc) is 2.54. The van der Waals surface area contributed by atoms with E-state index in [0.717, 1.165) is 17.7 Å². The maximum Gasteiger partial charge on any atom is 0.416 e. The highest BCUT2D eigenvalue weighted by Gasteiger charge is 2.40. The molecule has 7 heteroatoms. The Morgan fingerprint density at radius 3 is 2.33 bits per heavy atom. The van der Waals surface area contributed by atoms with Gasteiger partial charge in [-0.15, -0.1) is 0 Å². The summed E-state index contributed by atoms with van der Waals surface area (Å²) in [5.74, 6) is 0. The van der Waals surface area contributed by atoms with Crippen LogP contribution in [0.5, 0.6) is 0 Å². The smallest absolute Gasteiger partial charge is 0.385 e. The molecule has 0 spiro atoms. The van der Waals surface area contributed by atoms with Gasteiger partial charge in [0.25, 0.3) is 0 Å². The van der Waals surface area contributed by atoms with Crippen molar-refractivity contribution in [1.29, 1.82) is 0 Å². The van der Waals surface area contributed by atoms with Crippen LogP contribution >= 0.6 is 0 Å². The summed E-state index contributed by atoms with van der Waals surface area (Å²) in [6.45, 7) is 1.94. The highest BCUT2D eigenvalue weighted by atomic mass is 19.4. The van der Waals surface area contributed by atoms with Gasteiger partial charge >= 0.3 is 6.18 Å². The number of hydrogen-bond acceptors (Lipinski definition) is 4. The molecule has 24 heavy (non-hydrogen) atoms. The van der Waals surface area contributed by atoms with E-state index in [4.69, 9.17) is 0 Å². The predicted octanol–water partition coefficient (Wildman–Crippen LogP) is 3.20. The summed E-state index contributed by atoms with van der Waals surface area (Å²) in [6.07, 6.45) is 1.16. The van der Waals surface area contributed by atoms with Crippen LogP contribution in [0.2, 0.25) is 0 Å². The molecule has 0 radical (unpaired) electrons. The molecule has 0 aliphatic carbocycles. The van der Waals surface area contributed by atoms with E-state index in [-0.39, 0.29) is 12.1 Å². The highest BCUT2D eigenvalue weighted by Crippen LogP contribution is 2.40. The van der Waals surface area contributed by atoms with Crippen LogP contribution in [0.15, 0.2) is 43.0 Å². The van der Waals surface area contributed by atoms with E-state index in [1.54, 1.807) is 12.4 Å². The number of benzene rings is 1. The number of nitrogens with one attached hydrogen (secondary N) is 1. The van der Waals surface area contributed by atoms with Gasteiger partial charge in [-0.1, -0.05) is 12.1 Å². The number of aromatic nitrogens is 2. The van der Waals surface area contributed by atoms with Crippen molar-refractivity contribution in [3.63, 3.8) is 0 Å². The molecule has 0 saturated carbocycles. The molecule has 2 aromatic rings. The van der Waals surface area contributed by atoms with E-state index in [1.165, 1.54) is 18.5 Å². The number of hydrogen-bond donors (Lipinski definition) is 2. The second-order valence-electron chi connectivity index (χ2n) is 6.31. The van der Waals surface area contributed by atoms with E-state index in [0.29, 0.717) is 18.4 Å². The lowest BCUT2D eigenvalue weighted by molar-refractivity contribution is -0.137. The van der Waals surface area contributed by atoms with Gasteiger partial charge in [0.15, 0.2) is 0 Å². The molecule has 3 atom stereocenters. The minimum Gasteiger partial charge on any atom is -0.385 e. The quantitative estimate of drug-likeness (QED) is 0.884. The summed E-state index contributed by atoms with van der Waals surface area (Å²) in [4.78, 5) is 7.97. The first kappa shape index (κ1) is 16.9. The number of piperidine rings is 1. The van der Waals surface area contributed by atoms with Gasteiger partial charge in [0.05, 0.1) is 11.2 Å². The van der Waals surface area contributed by atoms with Crippen LogP contribution in [0.25, 0.3) is 0 Å². The van der Waals surface area contributed by atoms with E-state index in [9.17, 15) is 18.3 Å². The van der Waals surface area contributed by atoms with E-state index in [2.05, 4.69) is 15.3 Å². The van der Waals surface area contributed by atoms with Crippen LogP contribution in [0.4, 0.5) is 13.2 Å². The Hall–Kier alpha value is -1.99. The topological polar surface area (TPSA) is 58.0 Å². The minimum atomic E-state index is -4.38. The van der Waals surface area contributed by atoms with Gasteiger partial charge in [-0.05, 0) is 37.5 Å². The maximum atomic E-state index is 12.7. The third kappa shape index (κ3) is 3.42. The van der Waals surface area contributed by atoms with Crippen LogP contribution in [0.3, 0.4) is 0 Å². The molecule has 1 fully saturated rings. The second kappa shape index (κ2) is 6.14. The van der Waals surface area contributed by atoms with Gasteiger partial charge in [-0.3, -0.25) is 0 Å². The van der Waals surface area contributed by atoms with Crippen molar-refractivity contribution >= 4 is 0 Å². The van der Waals surface area contributed by atoms with Crippen LogP contribution in [0.1, 0.15) is 42.5 Å². The maximum absolute atomic E-state index is 12.7. The first-order valence-electron chi connectivity index (χ1n) is 7.69. The molecule has 1 aromatic carbocycles. The Morgan fingerprint density at radius 1 is 1.12 bits per heavy atom. The number of aliphatic hydroxyl groups is 1. The lowest BCUT2D eigenvalue weighted by Crippen LogP contribution is -2.46. The van der Waals surface area contributed by atoms with Gasteiger partial charge < -0.3 is 10.4 Å². The normalized spacial score (nSPS) is 27.9. The van der Waals surface area contributed by atoms with Crippen molar-refractivity contribution in [3.05, 3.63) is 59.7 Å². The zero-order valence-electron chi connectivity index (χ0n) is 13.1. The average molecular weight is 337 g/mol. The molecule has 1 saturated heterocycles. The van der Waals surface area contributed by atoms with Crippen molar-refractivity contribution in [2.24, 2.45) is 0 Å². The van der Waals surface area contributed by atoms with Crippen molar-refractivity contribution in [3.8, 4) is 0 Å². The monoisotopic (exact) mass is 337 g/mol. The van der Waals surface area contributed by atoms with Gasteiger partial charge in [0.2, 0.25) is 0 Å². The largest absolute Gasteiger partial charge is 0.416 e. The number of alkyl halides is 3. The van der Waals surface area contributed by atoms with Gasteiger partial charge in [-0.25, -0.2) is 9.97 Å². The Labute approximate surface area is 137 Å². The lowest BCUT2D eigenvalue weighted by Gasteiger charge is -2.41. The molecule has 4 nitrogen and oxygen atoms in total. The summed E-state index contributed by atoms with van der Waals surface area (Å²) >= 11 is 0. The van der Waals surface area contributed by atoms with Crippen molar-refractivity contribution in [1.82, 2.24) is 15.3 Å². The third-order valence-corrected chi connectivity index (χ3v) is 4.40. The standard InChI is InChI=1S/C17H18F3N3O/c1-11-6-16(24,7-15(23-11)12-8-21-10-22-9-12)13-2-4-14(5-3-13)17(18,19)20/h2-5,8-11,15,23-24H,6-7H2,1H3/t11-,15-,16?/m0/s1. The SMILES string of the molecule is C[C@H]1CC(O)(c2ccc(C(F)(F)F)cc2)C[C@@H](c2cncnc2)N1. The first-order valence-corrected chi connectivity index (χ1v) is 7.69. The fraction of sp³-hybridized carbons (Fsp3) is 0.412. The van der Waals surface area contributed by atoms with Gasteiger partial charge in [0, 0.05) is 30.0 Å². The van der Waals surface area contributed by atoms with Gasteiger partial charge in [-0.2, -0.15) is 13.2 Å². The molecule has 3 rings (SSSR count). The van der Waals surface area contributed by atoms with E-state index >= 15 is 0 Å². The molecular formula is C17H18F3N3O. The van der Waals surface area contributed by atoms with Crippen molar-refractivity contribution < 1.29 is 18.3 Å². The molecule has 1 unspecified atom stereocenters. The predicted molar refractivity (Wildman–Crippen MR) is 81.9 cm³/mol. The Morgan fingerprint density at radius 2 is 1.75 bits per heavy atom. The molecule has 2 heterocycles. The lowest BCUT2D eigenvalue weighted by atomic mass is 9.77. The molecule has 0 amide bonds. The third-order valence-electron chi connectivity index (χ3n) is 4.40. The summed E-state index contributed by atoms with van der Waals surface area (Å²) in [5, 5.41) is 14.4. The van der Waals surface area contributed by atoms with Crippen molar-refractivity contribution in [2.45, 2.75) is 43.6 Å². The summed E-state index contributed by atoms with van der Waals surface area (Å²) in [5.41, 5.74) is -0.583. The Balaban J connectivity index is 1.88. The number of nitrogens with zero attached hydrogens (tertiary/aromatic N) is 2. The Kier molecular flexibility index (Phi) is 4.31. The highest BCUT2D eigenvalue weighted by molar-refractivity contribution is 5.30. The van der Waals surface area contributed by atoms with Gasteiger partial charge in [0.1, 0.15) is 6.33 Å². The fourth-order valence-electron chi connectivity index (χ4n) is 3.30. The molecule has 2 N–H and O–H groups in total. The van der Waals surface area contributed by atoms with Crippen LogP contribution in [-0.2, 0) is 11.8 Å². The molecule has 1 aromatic heterocycles. The summed E-state index contributed by atoms with van der Waals surface area (Å²) in [6, 6.07) is 4.58. The number of halogens is 3. The van der Waals surface area contributed by atoms with Crippen LogP contribution in [0, 0.1) is 0 Å². The molecule has 0 bridgehead atoms. The fourth-order valence-corrected chi connectivity index (χ4v) is 3.30. The summed E-state index contributed by atoms with van der Waals surface area (Å²) in [7, 11) is 0. The van der Waals surface area contributed by atoms with E-state index < -0.39 is 17.3 Å². The molecule has 1 aliphatic rings. The van der Waals surface area contributed by atoms with E-state index in [1.807, 2.05) is 6.92 Å². The molecule has 128 valence electrons. The van der Waals surface area contributed by atoms with Crippen LogP contribution in [-0.4, -0.2) is 21.1 Å². The number of rotatable bonds is 2. The van der Waals surface area contributed by atoms with Crippen molar-refractivity contribution in [2.75, 3.05) is 0 Å². The second-order valence-corrected chi connectivity index (χ2v) is 6.31. The minimum absolute atomic E-state index is 0.00347. The zero-order valence-corrected chi connectivity index (χ0v) is 13.1. The summed E-state index contributed by atoms with van der Waals surface area (Å²) < 4.78 is 38.1. The Bertz CT molecular complexity index is 690. The molecular weight excluding hydrogens is 319 g/mol. The zero-order chi connectivity index (χ0) is 17.4. The first-order chi connectivity index (χ1) is 11.3.